The minimum Gasteiger partial charge on any atom is -0.373 e. The van der Waals surface area contributed by atoms with Crippen LogP contribution in [0.15, 0.2) is 0 Å². The molecule has 0 amide bonds. The van der Waals surface area contributed by atoms with Crippen LogP contribution in [0.5, 0.6) is 0 Å². The van der Waals surface area contributed by atoms with Crippen molar-refractivity contribution in [3.8, 4) is 0 Å². The van der Waals surface area contributed by atoms with Crippen molar-refractivity contribution >= 4 is 15.9 Å². The van der Waals surface area contributed by atoms with Crippen LogP contribution in [0.25, 0.3) is 0 Å². The summed E-state index contributed by atoms with van der Waals surface area (Å²) in [6.07, 6.45) is 8.77. The Morgan fingerprint density at radius 1 is 1.33 bits per heavy atom. The van der Waals surface area contributed by atoms with E-state index in [-0.39, 0.29) is 0 Å². The van der Waals surface area contributed by atoms with Crippen molar-refractivity contribution in [1.82, 2.24) is 0 Å². The third-order valence-electron chi connectivity index (χ3n) is 2.28. The molecule has 0 spiro atoms. The predicted octanol–water partition coefficient (Wildman–Crippen LogP) is 3.51. The van der Waals surface area contributed by atoms with Crippen LogP contribution >= 0.6 is 15.9 Å². The third kappa shape index (κ3) is 6.01. The van der Waals surface area contributed by atoms with E-state index in [9.17, 15) is 0 Å². The zero-order chi connectivity index (χ0) is 8.81. The van der Waals surface area contributed by atoms with Crippen LogP contribution in [0.1, 0.15) is 45.4 Å². The maximum absolute atomic E-state index is 5.15. The molecule has 1 aliphatic heterocycles. The van der Waals surface area contributed by atoms with Crippen LogP contribution in [0.2, 0.25) is 0 Å². The van der Waals surface area contributed by atoms with Crippen molar-refractivity contribution in [2.45, 2.75) is 56.4 Å². The van der Waals surface area contributed by atoms with Gasteiger partial charge in [0.1, 0.15) is 0 Å². The molecule has 1 fully saturated rings. The van der Waals surface area contributed by atoms with Crippen molar-refractivity contribution < 1.29 is 4.74 Å². The molecule has 2 atom stereocenters. The lowest BCUT2D eigenvalue weighted by Crippen LogP contribution is -1.90. The van der Waals surface area contributed by atoms with E-state index in [1.807, 2.05) is 0 Å². The van der Waals surface area contributed by atoms with Gasteiger partial charge in [-0.2, -0.15) is 0 Å². The first kappa shape index (κ1) is 10.5. The Kier molecular flexibility index (Phi) is 5.24. The average molecular weight is 235 g/mol. The van der Waals surface area contributed by atoms with Crippen LogP contribution in [-0.4, -0.2) is 17.5 Å². The molecule has 2 unspecified atom stereocenters. The lowest BCUT2D eigenvalue weighted by Gasteiger charge is -2.02. The first-order chi connectivity index (χ1) is 5.79. The van der Waals surface area contributed by atoms with Gasteiger partial charge in [0.25, 0.3) is 0 Å². The highest BCUT2D eigenvalue weighted by atomic mass is 79.9. The number of unbranched alkanes of at least 4 members (excludes halogenated alkanes) is 3. The third-order valence-corrected chi connectivity index (χ3v) is 2.74. The summed E-state index contributed by atoms with van der Waals surface area (Å²) in [7, 11) is 0. The molecule has 0 saturated carbocycles. The molecule has 1 aliphatic rings. The number of rotatable bonds is 7. The zero-order valence-electron chi connectivity index (χ0n) is 7.89. The summed E-state index contributed by atoms with van der Waals surface area (Å²) >= 11 is 3.56. The van der Waals surface area contributed by atoms with Gasteiger partial charge in [-0.05, 0) is 12.8 Å². The first-order valence-electron chi connectivity index (χ1n) is 5.04. The smallest absolute Gasteiger partial charge is 0.0810 e. The molecule has 0 aromatic carbocycles. The fourth-order valence-corrected chi connectivity index (χ4v) is 1.71. The zero-order valence-corrected chi connectivity index (χ0v) is 9.48. The van der Waals surface area contributed by atoms with E-state index in [0.29, 0.717) is 10.9 Å². The van der Waals surface area contributed by atoms with Crippen LogP contribution in [-0.2, 0) is 4.74 Å². The largest absolute Gasteiger partial charge is 0.373 e. The van der Waals surface area contributed by atoms with Crippen molar-refractivity contribution in [2.24, 2.45) is 0 Å². The van der Waals surface area contributed by atoms with E-state index in [0.717, 1.165) is 6.61 Å². The Morgan fingerprint density at radius 3 is 2.58 bits per heavy atom. The molecule has 0 bridgehead atoms. The molecule has 72 valence electrons. The number of epoxide rings is 1. The quantitative estimate of drug-likeness (QED) is 0.373. The van der Waals surface area contributed by atoms with Crippen molar-refractivity contribution in [1.29, 1.82) is 0 Å². The van der Waals surface area contributed by atoms with Gasteiger partial charge in [-0.3, -0.25) is 0 Å². The number of halogens is 1. The highest BCUT2D eigenvalue weighted by molar-refractivity contribution is 9.09. The van der Waals surface area contributed by atoms with E-state index >= 15 is 0 Å². The minimum atomic E-state index is 0.639. The fourth-order valence-electron chi connectivity index (χ4n) is 1.39. The molecular weight excluding hydrogens is 216 g/mol. The van der Waals surface area contributed by atoms with Gasteiger partial charge in [-0.15, -0.1) is 0 Å². The number of hydrogen-bond donors (Lipinski definition) is 0. The first-order valence-corrected chi connectivity index (χ1v) is 5.96. The monoisotopic (exact) mass is 234 g/mol. The summed E-state index contributed by atoms with van der Waals surface area (Å²) in [5.74, 6) is 0. The SMILES string of the molecule is CC(Br)CCCCCCC1CO1. The van der Waals surface area contributed by atoms with E-state index in [2.05, 4.69) is 22.9 Å². The molecular formula is C10H19BrO. The van der Waals surface area contributed by atoms with E-state index in [4.69, 9.17) is 4.74 Å². The topological polar surface area (TPSA) is 12.5 Å². The molecule has 0 aromatic rings. The lowest BCUT2D eigenvalue weighted by atomic mass is 10.1. The molecule has 0 aliphatic carbocycles. The van der Waals surface area contributed by atoms with Crippen LogP contribution < -0.4 is 0 Å². The molecule has 1 heterocycles. The maximum atomic E-state index is 5.15. The molecule has 2 heteroatoms. The Morgan fingerprint density at radius 2 is 2.00 bits per heavy atom. The molecule has 1 nitrogen and oxygen atoms in total. The van der Waals surface area contributed by atoms with Gasteiger partial charge in [0.05, 0.1) is 12.7 Å². The highest BCUT2D eigenvalue weighted by Crippen LogP contribution is 2.18. The Balaban J connectivity index is 1.70. The second-order valence-corrected chi connectivity index (χ2v) is 5.29. The van der Waals surface area contributed by atoms with Gasteiger partial charge in [-0.1, -0.05) is 48.5 Å². The molecule has 1 saturated heterocycles. The maximum Gasteiger partial charge on any atom is 0.0810 e. The standard InChI is InChI=1S/C10H19BrO/c1-9(11)6-4-2-3-5-7-10-8-12-10/h9-10H,2-8H2,1H3. The van der Waals surface area contributed by atoms with E-state index in [1.54, 1.807) is 0 Å². The second-order valence-electron chi connectivity index (χ2n) is 3.73. The summed E-state index contributed by atoms with van der Waals surface area (Å²) in [6.45, 7) is 3.25. The Labute approximate surface area is 84.0 Å². The summed E-state index contributed by atoms with van der Waals surface area (Å²) in [4.78, 5) is 0.698. The van der Waals surface area contributed by atoms with Gasteiger partial charge in [0, 0.05) is 4.83 Å². The van der Waals surface area contributed by atoms with Gasteiger partial charge in [0.2, 0.25) is 0 Å². The lowest BCUT2D eigenvalue weighted by molar-refractivity contribution is 0.387. The molecule has 0 radical (unpaired) electrons. The predicted molar refractivity (Wildman–Crippen MR) is 55.8 cm³/mol. The van der Waals surface area contributed by atoms with Gasteiger partial charge in [0.15, 0.2) is 0 Å². The van der Waals surface area contributed by atoms with Gasteiger partial charge >= 0.3 is 0 Å². The van der Waals surface area contributed by atoms with Gasteiger partial charge in [-0.25, -0.2) is 0 Å². The summed E-state index contributed by atoms with van der Waals surface area (Å²) in [6, 6.07) is 0. The van der Waals surface area contributed by atoms with Crippen LogP contribution in [0, 0.1) is 0 Å². The molecule has 1 rings (SSSR count). The summed E-state index contributed by atoms with van der Waals surface area (Å²) in [5.41, 5.74) is 0. The number of hydrogen-bond acceptors (Lipinski definition) is 1. The molecule has 0 aromatic heterocycles. The molecule has 0 N–H and O–H groups in total. The van der Waals surface area contributed by atoms with E-state index in [1.165, 1.54) is 38.5 Å². The normalized spacial score (nSPS) is 24.0. The van der Waals surface area contributed by atoms with Crippen molar-refractivity contribution in [3.05, 3.63) is 0 Å². The van der Waals surface area contributed by atoms with Crippen molar-refractivity contribution in [2.75, 3.05) is 6.61 Å². The second kappa shape index (κ2) is 5.98. The number of alkyl halides is 1. The average Bonchev–Trinajstić information content (AvgIpc) is 2.79. The molecule has 12 heavy (non-hydrogen) atoms. The van der Waals surface area contributed by atoms with Gasteiger partial charge < -0.3 is 4.74 Å². The Hall–Kier alpha value is 0.440. The van der Waals surface area contributed by atoms with Crippen LogP contribution in [0.3, 0.4) is 0 Å². The highest BCUT2D eigenvalue weighted by Gasteiger charge is 2.20. The summed E-state index contributed by atoms with van der Waals surface area (Å²) < 4.78 is 5.15. The summed E-state index contributed by atoms with van der Waals surface area (Å²) in [5, 5.41) is 0. The number of ether oxygens (including phenoxy) is 1. The fraction of sp³-hybridized carbons (Fsp3) is 1.00. The van der Waals surface area contributed by atoms with Crippen molar-refractivity contribution in [3.63, 3.8) is 0 Å². The van der Waals surface area contributed by atoms with Crippen LogP contribution in [0.4, 0.5) is 0 Å². The Bertz CT molecular complexity index is 104. The van der Waals surface area contributed by atoms with E-state index < -0.39 is 0 Å². The minimum absolute atomic E-state index is 0.639.